The standard InChI is InChI=1S/C14H22O/c1-5-10(2)14(15)9-13-7-6-11(3)12(4)8-13/h6-8,10,14-15H,5,9H2,1-4H3. The lowest BCUT2D eigenvalue weighted by Crippen LogP contribution is -2.19. The van der Waals surface area contributed by atoms with Crippen LogP contribution in [0.3, 0.4) is 0 Å². The zero-order valence-corrected chi connectivity index (χ0v) is 10.2. The first kappa shape index (κ1) is 12.3. The van der Waals surface area contributed by atoms with E-state index in [1.54, 1.807) is 0 Å². The summed E-state index contributed by atoms with van der Waals surface area (Å²) in [6, 6.07) is 6.43. The molecule has 1 aromatic rings. The number of hydrogen-bond acceptors (Lipinski definition) is 1. The van der Waals surface area contributed by atoms with Gasteiger partial charge in [-0.25, -0.2) is 0 Å². The van der Waals surface area contributed by atoms with Crippen LogP contribution in [0.1, 0.15) is 37.0 Å². The van der Waals surface area contributed by atoms with E-state index in [1.165, 1.54) is 16.7 Å². The topological polar surface area (TPSA) is 20.2 Å². The molecule has 0 heterocycles. The Morgan fingerprint density at radius 1 is 1.20 bits per heavy atom. The van der Waals surface area contributed by atoms with E-state index in [4.69, 9.17) is 0 Å². The summed E-state index contributed by atoms with van der Waals surface area (Å²) in [6.45, 7) is 8.46. The lowest BCUT2D eigenvalue weighted by atomic mass is 9.94. The van der Waals surface area contributed by atoms with Crippen LogP contribution in [0.4, 0.5) is 0 Å². The molecule has 1 nitrogen and oxygen atoms in total. The predicted octanol–water partition coefficient (Wildman–Crippen LogP) is 3.25. The first-order chi connectivity index (χ1) is 7.04. The van der Waals surface area contributed by atoms with Crippen molar-refractivity contribution < 1.29 is 5.11 Å². The fraction of sp³-hybridized carbons (Fsp3) is 0.571. The van der Waals surface area contributed by atoms with E-state index in [0.717, 1.165) is 12.8 Å². The van der Waals surface area contributed by atoms with Crippen LogP contribution >= 0.6 is 0 Å². The van der Waals surface area contributed by atoms with Crippen molar-refractivity contribution in [2.24, 2.45) is 5.92 Å². The highest BCUT2D eigenvalue weighted by atomic mass is 16.3. The van der Waals surface area contributed by atoms with E-state index < -0.39 is 0 Å². The molecule has 84 valence electrons. The van der Waals surface area contributed by atoms with Gasteiger partial charge in [0, 0.05) is 0 Å². The Bertz CT molecular complexity index is 317. The SMILES string of the molecule is CCC(C)C(O)Cc1ccc(C)c(C)c1. The molecule has 1 aromatic carbocycles. The van der Waals surface area contributed by atoms with E-state index in [9.17, 15) is 5.11 Å². The van der Waals surface area contributed by atoms with E-state index in [0.29, 0.717) is 5.92 Å². The Balaban J connectivity index is 2.68. The van der Waals surface area contributed by atoms with Crippen LogP contribution in [0.25, 0.3) is 0 Å². The summed E-state index contributed by atoms with van der Waals surface area (Å²) in [6.07, 6.45) is 1.60. The molecule has 0 amide bonds. The van der Waals surface area contributed by atoms with Crippen LogP contribution < -0.4 is 0 Å². The second-order valence-corrected chi connectivity index (χ2v) is 4.58. The molecule has 0 saturated heterocycles. The second kappa shape index (κ2) is 5.32. The van der Waals surface area contributed by atoms with Gasteiger partial charge in [0.25, 0.3) is 0 Å². The number of hydrogen-bond donors (Lipinski definition) is 1. The molecule has 0 aliphatic rings. The average molecular weight is 206 g/mol. The summed E-state index contributed by atoms with van der Waals surface area (Å²) < 4.78 is 0. The maximum absolute atomic E-state index is 9.93. The molecule has 0 aliphatic carbocycles. The Morgan fingerprint density at radius 3 is 2.40 bits per heavy atom. The van der Waals surface area contributed by atoms with Crippen molar-refractivity contribution in [3.05, 3.63) is 34.9 Å². The minimum absolute atomic E-state index is 0.211. The van der Waals surface area contributed by atoms with Crippen molar-refractivity contribution in [2.75, 3.05) is 0 Å². The molecule has 15 heavy (non-hydrogen) atoms. The zero-order valence-electron chi connectivity index (χ0n) is 10.2. The molecule has 2 unspecified atom stereocenters. The van der Waals surface area contributed by atoms with E-state index in [2.05, 4.69) is 45.9 Å². The Labute approximate surface area is 93.1 Å². The summed E-state index contributed by atoms with van der Waals surface area (Å²) in [5.74, 6) is 0.381. The van der Waals surface area contributed by atoms with Crippen LogP contribution in [0.2, 0.25) is 0 Å². The third kappa shape index (κ3) is 3.35. The van der Waals surface area contributed by atoms with Gasteiger partial charge in [-0.05, 0) is 42.9 Å². The van der Waals surface area contributed by atoms with Crippen molar-refractivity contribution in [2.45, 2.75) is 46.6 Å². The largest absolute Gasteiger partial charge is 0.393 e. The first-order valence-corrected chi connectivity index (χ1v) is 5.78. The fourth-order valence-electron chi connectivity index (χ4n) is 1.65. The lowest BCUT2D eigenvalue weighted by molar-refractivity contribution is 0.115. The smallest absolute Gasteiger partial charge is 0.0605 e. The average Bonchev–Trinajstić information content (AvgIpc) is 2.22. The zero-order chi connectivity index (χ0) is 11.4. The summed E-state index contributed by atoms with van der Waals surface area (Å²) in [7, 11) is 0. The maximum atomic E-state index is 9.93. The molecular formula is C14H22O. The number of aliphatic hydroxyl groups excluding tert-OH is 1. The minimum atomic E-state index is -0.211. The van der Waals surface area contributed by atoms with Gasteiger partial charge in [0.05, 0.1) is 6.10 Å². The summed E-state index contributed by atoms with van der Waals surface area (Å²) in [5.41, 5.74) is 3.87. The van der Waals surface area contributed by atoms with Gasteiger partial charge in [-0.1, -0.05) is 38.5 Å². The van der Waals surface area contributed by atoms with Crippen molar-refractivity contribution >= 4 is 0 Å². The van der Waals surface area contributed by atoms with Crippen molar-refractivity contribution in [3.8, 4) is 0 Å². The quantitative estimate of drug-likeness (QED) is 0.801. The molecule has 0 aliphatic heterocycles. The number of benzene rings is 1. The molecule has 1 rings (SSSR count). The van der Waals surface area contributed by atoms with E-state index >= 15 is 0 Å². The Kier molecular flexibility index (Phi) is 4.34. The third-order valence-corrected chi connectivity index (χ3v) is 3.32. The van der Waals surface area contributed by atoms with Crippen LogP contribution in [-0.4, -0.2) is 11.2 Å². The van der Waals surface area contributed by atoms with Crippen molar-refractivity contribution in [1.29, 1.82) is 0 Å². The van der Waals surface area contributed by atoms with Crippen LogP contribution in [-0.2, 0) is 6.42 Å². The minimum Gasteiger partial charge on any atom is -0.393 e. The molecule has 0 fully saturated rings. The highest BCUT2D eigenvalue weighted by molar-refractivity contribution is 5.30. The maximum Gasteiger partial charge on any atom is 0.0605 e. The summed E-state index contributed by atoms with van der Waals surface area (Å²) in [4.78, 5) is 0. The van der Waals surface area contributed by atoms with Gasteiger partial charge in [-0.15, -0.1) is 0 Å². The van der Waals surface area contributed by atoms with Gasteiger partial charge in [0.2, 0.25) is 0 Å². The Morgan fingerprint density at radius 2 is 1.87 bits per heavy atom. The Hall–Kier alpha value is -0.820. The fourth-order valence-corrected chi connectivity index (χ4v) is 1.65. The molecule has 1 N–H and O–H groups in total. The van der Waals surface area contributed by atoms with Gasteiger partial charge in [-0.2, -0.15) is 0 Å². The van der Waals surface area contributed by atoms with Gasteiger partial charge >= 0.3 is 0 Å². The molecule has 0 saturated carbocycles. The molecule has 0 radical (unpaired) electrons. The predicted molar refractivity (Wildman–Crippen MR) is 65.1 cm³/mol. The molecular weight excluding hydrogens is 184 g/mol. The molecule has 0 bridgehead atoms. The first-order valence-electron chi connectivity index (χ1n) is 5.78. The number of aryl methyl sites for hydroxylation is 2. The normalized spacial score (nSPS) is 15.0. The lowest BCUT2D eigenvalue weighted by Gasteiger charge is -2.17. The molecule has 2 atom stereocenters. The number of aliphatic hydroxyl groups is 1. The van der Waals surface area contributed by atoms with Gasteiger partial charge in [0.1, 0.15) is 0 Å². The highest BCUT2D eigenvalue weighted by Crippen LogP contribution is 2.16. The molecule has 0 spiro atoms. The number of rotatable bonds is 4. The molecule has 1 heteroatoms. The second-order valence-electron chi connectivity index (χ2n) is 4.58. The van der Waals surface area contributed by atoms with Crippen molar-refractivity contribution in [3.63, 3.8) is 0 Å². The van der Waals surface area contributed by atoms with E-state index in [1.807, 2.05) is 0 Å². The van der Waals surface area contributed by atoms with Gasteiger partial charge < -0.3 is 5.11 Å². The van der Waals surface area contributed by atoms with Gasteiger partial charge in [-0.3, -0.25) is 0 Å². The van der Waals surface area contributed by atoms with E-state index in [-0.39, 0.29) is 6.10 Å². The summed E-state index contributed by atoms with van der Waals surface area (Å²) in [5, 5.41) is 9.93. The van der Waals surface area contributed by atoms with Crippen LogP contribution in [0.5, 0.6) is 0 Å². The van der Waals surface area contributed by atoms with Gasteiger partial charge in [0.15, 0.2) is 0 Å². The van der Waals surface area contributed by atoms with Crippen LogP contribution in [0.15, 0.2) is 18.2 Å². The monoisotopic (exact) mass is 206 g/mol. The third-order valence-electron chi connectivity index (χ3n) is 3.32. The summed E-state index contributed by atoms with van der Waals surface area (Å²) >= 11 is 0. The molecule has 0 aromatic heterocycles. The van der Waals surface area contributed by atoms with Crippen LogP contribution in [0, 0.1) is 19.8 Å². The van der Waals surface area contributed by atoms with Crippen molar-refractivity contribution in [1.82, 2.24) is 0 Å². The highest BCUT2D eigenvalue weighted by Gasteiger charge is 2.12.